The molecule has 3 rings (SSSR count). The van der Waals surface area contributed by atoms with Gasteiger partial charge >= 0.3 is 24.8 Å². The SMILES string of the molecule is CC(C)(C)C1(C2=[C-]CC=C2)CCCCC1.Cc1cc(C)cc(O)c1.Cl.Cl.[CH2]=[Ti+]. The number of rotatable bonds is 1. The van der Waals surface area contributed by atoms with Gasteiger partial charge in [-0.15, -0.1) is 31.2 Å². The molecule has 0 bridgehead atoms. The number of halogens is 2. The molecule has 0 heterocycles. The summed E-state index contributed by atoms with van der Waals surface area (Å²) in [5.74, 6) is 0.354. The first kappa shape index (κ1) is 29.9. The zero-order valence-corrected chi connectivity index (χ0v) is 21.3. The van der Waals surface area contributed by atoms with E-state index in [1.54, 1.807) is 32.1 Å². The summed E-state index contributed by atoms with van der Waals surface area (Å²) in [4.78, 5) is 3.25. The standard InChI is InChI=1S/C15H23.C8H10O.CH2.2ClH.Ti/c1-14(2,3)15(11-7-4-8-12-15)13-9-5-6-10-13;1-6-3-7(2)5-8(9)4-6;;;;/h5,9H,4,6-8,11-12H2,1-3H3;3-5,9H,1-2H3;1H2;2*1H;/q-1;;;;;+1. The molecule has 0 amide bonds. The van der Waals surface area contributed by atoms with Crippen LogP contribution in [0.3, 0.4) is 0 Å². The zero-order chi connectivity index (χ0) is 19.8. The first-order valence-corrected chi connectivity index (χ1v) is 10.8. The average molecular weight is 460 g/mol. The fourth-order valence-electron chi connectivity index (χ4n) is 4.26. The van der Waals surface area contributed by atoms with Crippen molar-refractivity contribution in [1.29, 1.82) is 0 Å². The van der Waals surface area contributed by atoms with Crippen LogP contribution in [-0.4, -0.2) is 9.92 Å². The summed E-state index contributed by atoms with van der Waals surface area (Å²) in [6.45, 7) is 11.1. The topological polar surface area (TPSA) is 20.2 Å². The molecule has 1 nitrogen and oxygen atoms in total. The normalized spacial score (nSPS) is 16.9. The second kappa shape index (κ2) is 13.8. The Balaban J connectivity index is 0. The maximum absolute atomic E-state index is 8.99. The molecule has 1 fully saturated rings. The van der Waals surface area contributed by atoms with Gasteiger partial charge in [0.25, 0.3) is 0 Å². The Kier molecular flexibility index (Phi) is 14.7. The Hall–Kier alpha value is -0.336. The zero-order valence-electron chi connectivity index (χ0n) is 18.1. The van der Waals surface area contributed by atoms with E-state index in [0.29, 0.717) is 16.6 Å². The molecule has 0 radical (unpaired) electrons. The Morgan fingerprint density at radius 2 is 1.46 bits per heavy atom. The van der Waals surface area contributed by atoms with Crippen molar-refractivity contribution in [2.75, 3.05) is 0 Å². The minimum absolute atomic E-state index is 0. The molecule has 157 valence electrons. The van der Waals surface area contributed by atoms with Gasteiger partial charge < -0.3 is 5.11 Å². The van der Waals surface area contributed by atoms with Crippen LogP contribution in [0.25, 0.3) is 0 Å². The number of phenolic OH excluding ortho intramolecular Hbond substituents is 1. The number of aromatic hydroxyl groups is 1. The third kappa shape index (κ3) is 8.19. The molecule has 1 aromatic carbocycles. The van der Waals surface area contributed by atoms with Crippen LogP contribution in [0.2, 0.25) is 0 Å². The molecular formula is C24H37Cl2OTi. The van der Waals surface area contributed by atoms with Crippen LogP contribution in [0.15, 0.2) is 35.9 Å². The van der Waals surface area contributed by atoms with Gasteiger partial charge in [0.1, 0.15) is 5.75 Å². The summed E-state index contributed by atoms with van der Waals surface area (Å²) >= 11 is 1.75. The Morgan fingerprint density at radius 3 is 1.82 bits per heavy atom. The predicted molar refractivity (Wildman–Crippen MR) is 125 cm³/mol. The predicted octanol–water partition coefficient (Wildman–Crippen LogP) is 7.49. The van der Waals surface area contributed by atoms with Crippen molar-refractivity contribution in [3.63, 3.8) is 0 Å². The van der Waals surface area contributed by atoms with E-state index in [1.807, 2.05) is 19.9 Å². The molecule has 0 aliphatic heterocycles. The number of hydrogen-bond acceptors (Lipinski definition) is 1. The number of phenols is 1. The summed E-state index contributed by atoms with van der Waals surface area (Å²) in [7, 11) is 0. The van der Waals surface area contributed by atoms with Gasteiger partial charge in [-0.1, -0.05) is 46.1 Å². The number of benzene rings is 1. The van der Waals surface area contributed by atoms with Gasteiger partial charge in [-0.05, 0) is 60.8 Å². The number of hydrogen-bond donors (Lipinski definition) is 1. The van der Waals surface area contributed by atoms with Crippen molar-refractivity contribution in [2.24, 2.45) is 10.8 Å². The van der Waals surface area contributed by atoms with Gasteiger partial charge in [0.05, 0.1) is 0 Å². The van der Waals surface area contributed by atoms with Gasteiger partial charge in [-0.25, -0.2) is 11.6 Å². The molecule has 2 aliphatic carbocycles. The molecule has 28 heavy (non-hydrogen) atoms. The summed E-state index contributed by atoms with van der Waals surface area (Å²) in [5, 5.41) is 8.99. The molecule has 1 saturated carbocycles. The van der Waals surface area contributed by atoms with E-state index in [-0.39, 0.29) is 24.8 Å². The van der Waals surface area contributed by atoms with E-state index in [0.717, 1.165) is 17.5 Å². The second-order valence-electron chi connectivity index (χ2n) is 8.44. The van der Waals surface area contributed by atoms with Crippen LogP contribution in [0, 0.1) is 30.8 Å². The molecule has 2 aliphatic rings. The van der Waals surface area contributed by atoms with Crippen molar-refractivity contribution in [1.82, 2.24) is 0 Å². The molecule has 1 N–H and O–H groups in total. The van der Waals surface area contributed by atoms with Gasteiger partial charge in [0.2, 0.25) is 0 Å². The van der Waals surface area contributed by atoms with E-state index in [1.165, 1.54) is 37.7 Å². The molecule has 4 heteroatoms. The van der Waals surface area contributed by atoms with Crippen LogP contribution in [0.1, 0.15) is 70.4 Å². The second-order valence-corrected chi connectivity index (χ2v) is 8.44. The summed E-state index contributed by atoms with van der Waals surface area (Å²) < 4.78 is 0. The van der Waals surface area contributed by atoms with Gasteiger partial charge in [-0.3, -0.25) is 6.08 Å². The fourth-order valence-corrected chi connectivity index (χ4v) is 4.26. The van der Waals surface area contributed by atoms with E-state index in [4.69, 9.17) is 5.11 Å². The van der Waals surface area contributed by atoms with Crippen molar-refractivity contribution < 1.29 is 25.1 Å². The fraction of sp³-hybridized carbons (Fsp3) is 0.542. The molecule has 0 saturated heterocycles. The van der Waals surface area contributed by atoms with Crippen molar-refractivity contribution in [3.05, 3.63) is 53.1 Å². The molecule has 0 atom stereocenters. The quantitative estimate of drug-likeness (QED) is 0.340. The Bertz CT molecular complexity index is 588. The third-order valence-electron chi connectivity index (χ3n) is 5.56. The van der Waals surface area contributed by atoms with Crippen LogP contribution >= 0.6 is 24.8 Å². The van der Waals surface area contributed by atoms with Gasteiger partial charge in [-0.2, -0.15) is 6.08 Å². The summed E-state index contributed by atoms with van der Waals surface area (Å²) in [5.41, 5.74) is 4.51. The molecule has 0 spiro atoms. The number of aryl methyl sites for hydroxylation is 2. The van der Waals surface area contributed by atoms with E-state index < -0.39 is 0 Å². The Labute approximate surface area is 196 Å². The first-order chi connectivity index (χ1) is 12.2. The van der Waals surface area contributed by atoms with Crippen LogP contribution in [0.5, 0.6) is 5.75 Å². The first-order valence-electron chi connectivity index (χ1n) is 9.65. The van der Waals surface area contributed by atoms with Crippen LogP contribution < -0.4 is 0 Å². The monoisotopic (exact) mass is 459 g/mol. The van der Waals surface area contributed by atoms with Gasteiger partial charge in [0.15, 0.2) is 0 Å². The van der Waals surface area contributed by atoms with Crippen LogP contribution in [0.4, 0.5) is 0 Å². The van der Waals surface area contributed by atoms with Crippen LogP contribution in [-0.2, 0) is 20.0 Å². The average Bonchev–Trinajstić information content (AvgIpc) is 3.10. The molecular weight excluding hydrogens is 423 g/mol. The maximum atomic E-state index is 8.99. The molecule has 0 aromatic heterocycles. The summed E-state index contributed by atoms with van der Waals surface area (Å²) in [6.07, 6.45) is 16.2. The summed E-state index contributed by atoms with van der Waals surface area (Å²) in [6, 6.07) is 5.51. The van der Waals surface area contributed by atoms with E-state index in [9.17, 15) is 0 Å². The van der Waals surface area contributed by atoms with Crippen molar-refractivity contribution in [2.45, 2.75) is 73.1 Å². The number of allylic oxidation sites excluding steroid dienone is 4. The van der Waals surface area contributed by atoms with Gasteiger partial charge in [0, 0.05) is 0 Å². The van der Waals surface area contributed by atoms with E-state index >= 15 is 0 Å². The van der Waals surface area contributed by atoms with E-state index in [2.05, 4.69) is 43.8 Å². The molecule has 0 unspecified atom stereocenters. The molecule has 1 aromatic rings. The minimum atomic E-state index is 0. The van der Waals surface area contributed by atoms with Crippen molar-refractivity contribution in [3.8, 4) is 5.75 Å². The third-order valence-corrected chi connectivity index (χ3v) is 5.56. The Morgan fingerprint density at radius 1 is 0.964 bits per heavy atom. The van der Waals surface area contributed by atoms with Crippen molar-refractivity contribution >= 4 is 29.6 Å².